The Kier molecular flexibility index (Phi) is 3.56. The van der Waals surface area contributed by atoms with Crippen molar-refractivity contribution in [1.82, 2.24) is 0 Å². The number of carbonyl (C=O) groups is 1. The number of primary amides is 1. The van der Waals surface area contributed by atoms with Crippen molar-refractivity contribution in [3.05, 3.63) is 53.6 Å². The molecule has 19 heavy (non-hydrogen) atoms. The normalized spacial score (nSPS) is 10.1. The van der Waals surface area contributed by atoms with E-state index in [1.165, 1.54) is 6.07 Å². The molecule has 0 radical (unpaired) electrons. The number of aromatic hydroxyl groups is 1. The van der Waals surface area contributed by atoms with Gasteiger partial charge in [0.25, 0.3) is 5.91 Å². The summed E-state index contributed by atoms with van der Waals surface area (Å²) in [5, 5.41) is 9.34. The zero-order chi connectivity index (χ0) is 13.8. The fraction of sp³-hybridized carbons (Fsp3) is 0.0714. The van der Waals surface area contributed by atoms with Crippen LogP contribution >= 0.6 is 0 Å². The van der Waals surface area contributed by atoms with E-state index in [1.54, 1.807) is 36.4 Å². The minimum absolute atomic E-state index is 0.161. The van der Waals surface area contributed by atoms with Crippen molar-refractivity contribution >= 4 is 11.6 Å². The lowest BCUT2D eigenvalue weighted by Crippen LogP contribution is -2.13. The first kappa shape index (κ1) is 12.8. The van der Waals surface area contributed by atoms with Crippen molar-refractivity contribution in [2.75, 3.05) is 5.73 Å². The molecule has 1 amide bonds. The topological polar surface area (TPSA) is 98.6 Å². The number of hydrogen-bond donors (Lipinski definition) is 3. The monoisotopic (exact) mass is 258 g/mol. The Labute approximate surface area is 110 Å². The van der Waals surface area contributed by atoms with Crippen molar-refractivity contribution in [3.63, 3.8) is 0 Å². The highest BCUT2D eigenvalue weighted by Crippen LogP contribution is 2.22. The van der Waals surface area contributed by atoms with Gasteiger partial charge in [-0.15, -0.1) is 0 Å². The molecule has 2 rings (SSSR count). The predicted octanol–water partition coefficient (Wildman–Crippen LogP) is 1.65. The van der Waals surface area contributed by atoms with Crippen LogP contribution in [0.25, 0.3) is 0 Å². The number of ether oxygens (including phenoxy) is 1. The maximum absolute atomic E-state index is 11.3. The Morgan fingerprint density at radius 2 is 2.00 bits per heavy atom. The van der Waals surface area contributed by atoms with Crippen LogP contribution in [0.15, 0.2) is 42.5 Å². The molecule has 98 valence electrons. The molecule has 0 aromatic heterocycles. The van der Waals surface area contributed by atoms with Gasteiger partial charge in [-0.2, -0.15) is 0 Å². The lowest BCUT2D eigenvalue weighted by Gasteiger charge is -2.10. The van der Waals surface area contributed by atoms with Gasteiger partial charge in [-0.25, -0.2) is 0 Å². The van der Waals surface area contributed by atoms with Crippen LogP contribution in [0.5, 0.6) is 11.5 Å². The van der Waals surface area contributed by atoms with Gasteiger partial charge in [0.15, 0.2) is 0 Å². The molecular formula is C14H14N2O3. The molecule has 2 aromatic carbocycles. The van der Waals surface area contributed by atoms with Crippen molar-refractivity contribution in [3.8, 4) is 11.5 Å². The minimum Gasteiger partial charge on any atom is -0.508 e. The van der Waals surface area contributed by atoms with E-state index in [0.29, 0.717) is 11.4 Å². The molecule has 0 heterocycles. The maximum atomic E-state index is 11.3. The van der Waals surface area contributed by atoms with Gasteiger partial charge in [0.05, 0.1) is 5.56 Å². The highest BCUT2D eigenvalue weighted by Gasteiger charge is 2.10. The van der Waals surface area contributed by atoms with E-state index in [2.05, 4.69) is 0 Å². The summed E-state index contributed by atoms with van der Waals surface area (Å²) in [6, 6.07) is 11.4. The summed E-state index contributed by atoms with van der Waals surface area (Å²) >= 11 is 0. The van der Waals surface area contributed by atoms with Crippen molar-refractivity contribution in [2.24, 2.45) is 5.73 Å². The van der Waals surface area contributed by atoms with E-state index in [1.807, 2.05) is 0 Å². The van der Waals surface area contributed by atoms with Crippen LogP contribution in [0.2, 0.25) is 0 Å². The number of benzene rings is 2. The number of amides is 1. The Morgan fingerprint density at radius 3 is 2.68 bits per heavy atom. The van der Waals surface area contributed by atoms with Gasteiger partial charge in [0.2, 0.25) is 0 Å². The summed E-state index contributed by atoms with van der Waals surface area (Å²) in [5.74, 6) is -0.0724. The second-order valence-corrected chi connectivity index (χ2v) is 4.08. The number of phenols is 1. The molecule has 0 fully saturated rings. The van der Waals surface area contributed by atoms with Crippen LogP contribution in [-0.2, 0) is 6.61 Å². The molecule has 0 saturated heterocycles. The summed E-state index contributed by atoms with van der Waals surface area (Å²) in [7, 11) is 0. The number of carbonyl (C=O) groups excluding carboxylic acids is 1. The minimum atomic E-state index is -0.599. The molecule has 0 spiro atoms. The zero-order valence-corrected chi connectivity index (χ0v) is 10.2. The third-order valence-electron chi connectivity index (χ3n) is 2.57. The number of nitrogens with two attached hydrogens (primary N) is 2. The number of hydrogen-bond acceptors (Lipinski definition) is 4. The number of anilines is 1. The van der Waals surface area contributed by atoms with Gasteiger partial charge in [0.1, 0.15) is 18.1 Å². The van der Waals surface area contributed by atoms with E-state index >= 15 is 0 Å². The summed E-state index contributed by atoms with van der Waals surface area (Å²) in [5.41, 5.74) is 12.3. The predicted molar refractivity (Wildman–Crippen MR) is 71.8 cm³/mol. The van der Waals surface area contributed by atoms with Gasteiger partial charge in [-0.3, -0.25) is 4.79 Å². The SMILES string of the molecule is NC(=O)c1cc(N)ccc1OCc1cccc(O)c1. The standard InChI is InChI=1S/C14H14N2O3/c15-10-4-5-13(12(7-10)14(16)18)19-8-9-2-1-3-11(17)6-9/h1-7,17H,8,15H2,(H2,16,18). The molecular weight excluding hydrogens is 244 g/mol. The third-order valence-corrected chi connectivity index (χ3v) is 2.57. The van der Waals surface area contributed by atoms with E-state index in [9.17, 15) is 9.90 Å². The van der Waals surface area contributed by atoms with Crippen molar-refractivity contribution < 1.29 is 14.6 Å². The Hall–Kier alpha value is -2.69. The lowest BCUT2D eigenvalue weighted by molar-refractivity contribution is 0.0996. The van der Waals surface area contributed by atoms with E-state index in [4.69, 9.17) is 16.2 Å². The Bertz CT molecular complexity index is 611. The van der Waals surface area contributed by atoms with E-state index in [-0.39, 0.29) is 17.9 Å². The van der Waals surface area contributed by atoms with Gasteiger partial charge >= 0.3 is 0 Å². The first-order valence-electron chi connectivity index (χ1n) is 5.66. The first-order valence-corrected chi connectivity index (χ1v) is 5.66. The molecule has 0 aliphatic heterocycles. The van der Waals surface area contributed by atoms with Crippen LogP contribution in [0.4, 0.5) is 5.69 Å². The van der Waals surface area contributed by atoms with Crippen molar-refractivity contribution in [2.45, 2.75) is 6.61 Å². The molecule has 5 nitrogen and oxygen atoms in total. The molecule has 2 aromatic rings. The quantitative estimate of drug-likeness (QED) is 0.726. The average Bonchev–Trinajstić information content (AvgIpc) is 2.37. The highest BCUT2D eigenvalue weighted by atomic mass is 16.5. The van der Waals surface area contributed by atoms with Crippen LogP contribution in [0.3, 0.4) is 0 Å². The highest BCUT2D eigenvalue weighted by molar-refractivity contribution is 5.96. The molecule has 0 atom stereocenters. The Balaban J connectivity index is 2.17. The molecule has 0 aliphatic carbocycles. The summed E-state index contributed by atoms with van der Waals surface area (Å²) in [4.78, 5) is 11.3. The first-order chi connectivity index (χ1) is 9.06. The molecule has 0 unspecified atom stereocenters. The summed E-state index contributed by atoms with van der Waals surface area (Å²) < 4.78 is 5.53. The van der Waals surface area contributed by atoms with Crippen LogP contribution in [-0.4, -0.2) is 11.0 Å². The van der Waals surface area contributed by atoms with Crippen LogP contribution in [0.1, 0.15) is 15.9 Å². The molecule has 5 heteroatoms. The fourth-order valence-electron chi connectivity index (χ4n) is 1.67. The fourth-order valence-corrected chi connectivity index (χ4v) is 1.67. The molecule has 0 bridgehead atoms. The smallest absolute Gasteiger partial charge is 0.252 e. The van der Waals surface area contributed by atoms with Crippen LogP contribution < -0.4 is 16.2 Å². The van der Waals surface area contributed by atoms with Gasteiger partial charge in [-0.1, -0.05) is 12.1 Å². The number of rotatable bonds is 4. The number of phenolic OH excluding ortho intramolecular Hbond substituents is 1. The third kappa shape index (κ3) is 3.16. The zero-order valence-electron chi connectivity index (χ0n) is 10.2. The summed E-state index contributed by atoms with van der Waals surface area (Å²) in [6.45, 7) is 0.221. The molecule has 0 aliphatic rings. The summed E-state index contributed by atoms with van der Waals surface area (Å²) in [6.07, 6.45) is 0. The van der Waals surface area contributed by atoms with E-state index < -0.39 is 5.91 Å². The van der Waals surface area contributed by atoms with Gasteiger partial charge in [-0.05, 0) is 35.9 Å². The number of nitrogen functional groups attached to an aromatic ring is 1. The second-order valence-electron chi connectivity index (χ2n) is 4.08. The van der Waals surface area contributed by atoms with Crippen molar-refractivity contribution in [1.29, 1.82) is 0 Å². The van der Waals surface area contributed by atoms with Gasteiger partial charge in [0, 0.05) is 5.69 Å². The van der Waals surface area contributed by atoms with E-state index in [0.717, 1.165) is 5.56 Å². The lowest BCUT2D eigenvalue weighted by atomic mass is 10.1. The van der Waals surface area contributed by atoms with Crippen LogP contribution in [0, 0.1) is 0 Å². The van der Waals surface area contributed by atoms with Gasteiger partial charge < -0.3 is 21.3 Å². The maximum Gasteiger partial charge on any atom is 0.252 e. The molecule has 5 N–H and O–H groups in total. The second kappa shape index (κ2) is 5.30. The largest absolute Gasteiger partial charge is 0.508 e. The molecule has 0 saturated carbocycles. The average molecular weight is 258 g/mol. The Morgan fingerprint density at radius 1 is 1.21 bits per heavy atom.